The van der Waals surface area contributed by atoms with Gasteiger partial charge in [-0.2, -0.15) is 4.31 Å². The second kappa shape index (κ2) is 15.2. The average molecular weight is 639 g/mol. The summed E-state index contributed by atoms with van der Waals surface area (Å²) in [4.78, 5) is 29.4. The van der Waals surface area contributed by atoms with Crippen LogP contribution in [-0.4, -0.2) is 48.3 Å². The van der Waals surface area contributed by atoms with Crippen LogP contribution in [0.15, 0.2) is 109 Å². The van der Waals surface area contributed by atoms with Crippen molar-refractivity contribution in [3.8, 4) is 0 Å². The van der Waals surface area contributed by atoms with Gasteiger partial charge in [0.15, 0.2) is 0 Å². The van der Waals surface area contributed by atoms with Gasteiger partial charge in [0.25, 0.3) is 0 Å². The van der Waals surface area contributed by atoms with Gasteiger partial charge in [0.05, 0.1) is 12.8 Å². The summed E-state index contributed by atoms with van der Waals surface area (Å²) in [6, 6.07) is 31.6. The third-order valence-corrected chi connectivity index (χ3v) is 8.60. The largest absolute Gasteiger partial charge is 0.350 e. The Morgan fingerprint density at radius 2 is 1.19 bits per heavy atom. The molecule has 0 saturated heterocycles. The maximum atomic E-state index is 14.1. The number of halogens is 2. The summed E-state index contributed by atoms with van der Waals surface area (Å²) in [5.74, 6) is -0.867. The van der Waals surface area contributed by atoms with Crippen molar-refractivity contribution in [2.45, 2.75) is 32.1 Å². The molecule has 1 N–H and O–H groups in total. The smallest absolute Gasteiger partial charge is 0.243 e. The zero-order valence-corrected chi connectivity index (χ0v) is 26.0. The lowest BCUT2D eigenvalue weighted by Crippen LogP contribution is -2.53. The lowest BCUT2D eigenvalue weighted by atomic mass is 10.0. The molecule has 1 atom stereocenters. The Kier molecular flexibility index (Phi) is 11.4. The van der Waals surface area contributed by atoms with Crippen LogP contribution in [0.25, 0.3) is 0 Å². The molecule has 0 aliphatic carbocycles. The number of rotatable bonds is 13. The van der Waals surface area contributed by atoms with E-state index in [1.807, 2.05) is 60.7 Å². The summed E-state index contributed by atoms with van der Waals surface area (Å²) in [7, 11) is -3.77. The van der Waals surface area contributed by atoms with Crippen LogP contribution in [0.4, 0.5) is 0 Å². The number of benzene rings is 4. The summed E-state index contributed by atoms with van der Waals surface area (Å²) in [6.07, 6.45) is 1.30. The molecule has 43 heavy (non-hydrogen) atoms. The van der Waals surface area contributed by atoms with Gasteiger partial charge < -0.3 is 10.2 Å². The van der Waals surface area contributed by atoms with Gasteiger partial charge in [-0.3, -0.25) is 9.59 Å². The predicted molar refractivity (Wildman–Crippen MR) is 171 cm³/mol. The lowest BCUT2D eigenvalue weighted by molar-refractivity contribution is -0.141. The summed E-state index contributed by atoms with van der Waals surface area (Å²) in [5.41, 5.74) is 3.19. The normalized spacial score (nSPS) is 12.1. The summed E-state index contributed by atoms with van der Waals surface area (Å²) >= 11 is 12.1. The zero-order valence-electron chi connectivity index (χ0n) is 23.7. The number of sulfonamides is 1. The molecule has 10 heteroatoms. The molecule has 4 rings (SSSR count). The van der Waals surface area contributed by atoms with E-state index >= 15 is 0 Å². The summed E-state index contributed by atoms with van der Waals surface area (Å²) < 4.78 is 26.8. The quantitative estimate of drug-likeness (QED) is 0.203. The minimum absolute atomic E-state index is 0.0202. The number of carbonyl (C=O) groups is 2. The highest BCUT2D eigenvalue weighted by atomic mass is 35.5. The molecule has 4 aromatic rings. The minimum atomic E-state index is -3.77. The average Bonchev–Trinajstić information content (AvgIpc) is 2.99. The molecule has 0 bridgehead atoms. The van der Waals surface area contributed by atoms with Crippen molar-refractivity contribution in [2.75, 3.05) is 12.8 Å². The first-order valence-corrected chi connectivity index (χ1v) is 16.3. The highest BCUT2D eigenvalue weighted by molar-refractivity contribution is 7.88. The monoisotopic (exact) mass is 637 g/mol. The van der Waals surface area contributed by atoms with Crippen LogP contribution in [0, 0.1) is 0 Å². The maximum absolute atomic E-state index is 14.1. The molecule has 0 aliphatic rings. The molecule has 0 unspecified atom stereocenters. The SMILES string of the molecule is CS(=O)(=O)N(CC(=O)N(Cc1ccc(Cl)cc1)[C@H](Cc1ccccc1)C(=O)NCc1ccc(Cl)cc1)Cc1ccccc1. The molecule has 7 nitrogen and oxygen atoms in total. The van der Waals surface area contributed by atoms with Gasteiger partial charge in [-0.25, -0.2) is 8.42 Å². The minimum Gasteiger partial charge on any atom is -0.350 e. The standard InChI is InChI=1S/C33H33Cl2N3O4S/c1-43(41,42)37(22-27-10-6-3-7-11-27)24-32(39)38(23-28-14-18-30(35)19-15-28)31(20-25-8-4-2-5-9-25)33(40)36-21-26-12-16-29(34)17-13-26/h2-19,31H,20-24H2,1H3,(H,36,40)/t31-/m1/s1. The number of nitrogens with zero attached hydrogens (tertiary/aromatic N) is 2. The van der Waals surface area contributed by atoms with Crippen molar-refractivity contribution in [3.05, 3.63) is 141 Å². The van der Waals surface area contributed by atoms with E-state index in [4.69, 9.17) is 23.2 Å². The molecule has 0 spiro atoms. The van der Waals surface area contributed by atoms with E-state index in [1.54, 1.807) is 48.5 Å². The highest BCUT2D eigenvalue weighted by Crippen LogP contribution is 2.19. The van der Waals surface area contributed by atoms with E-state index in [0.29, 0.717) is 10.0 Å². The van der Waals surface area contributed by atoms with E-state index in [9.17, 15) is 18.0 Å². The Morgan fingerprint density at radius 1 is 0.698 bits per heavy atom. The Labute approximate surface area is 263 Å². The highest BCUT2D eigenvalue weighted by Gasteiger charge is 2.33. The zero-order chi connectivity index (χ0) is 30.8. The van der Waals surface area contributed by atoms with Gasteiger partial charge in [0.2, 0.25) is 21.8 Å². The van der Waals surface area contributed by atoms with Crippen LogP contribution < -0.4 is 5.32 Å². The Hall–Kier alpha value is -3.69. The number of hydrogen-bond acceptors (Lipinski definition) is 4. The Balaban J connectivity index is 1.67. The Morgan fingerprint density at radius 3 is 1.72 bits per heavy atom. The fourth-order valence-corrected chi connectivity index (χ4v) is 5.55. The van der Waals surface area contributed by atoms with Crippen LogP contribution in [0.5, 0.6) is 0 Å². The molecule has 0 radical (unpaired) electrons. The third-order valence-electron chi connectivity index (χ3n) is 6.90. The van der Waals surface area contributed by atoms with Crippen molar-refractivity contribution in [3.63, 3.8) is 0 Å². The fourth-order valence-electron chi connectivity index (χ4n) is 4.57. The number of carbonyl (C=O) groups excluding carboxylic acids is 2. The molecule has 0 aliphatic heterocycles. The molecule has 4 aromatic carbocycles. The van der Waals surface area contributed by atoms with E-state index in [0.717, 1.165) is 32.8 Å². The van der Waals surface area contributed by atoms with Crippen LogP contribution in [0.2, 0.25) is 10.0 Å². The van der Waals surface area contributed by atoms with E-state index in [1.165, 1.54) is 4.90 Å². The van der Waals surface area contributed by atoms with Crippen LogP contribution in [-0.2, 0) is 45.7 Å². The molecule has 224 valence electrons. The second-order valence-electron chi connectivity index (χ2n) is 10.2. The van der Waals surface area contributed by atoms with E-state index < -0.39 is 28.5 Å². The molecule has 0 fully saturated rings. The van der Waals surface area contributed by atoms with E-state index in [-0.39, 0.29) is 32.0 Å². The van der Waals surface area contributed by atoms with Gasteiger partial charge in [-0.1, -0.05) is 108 Å². The first kappa shape index (κ1) is 32.2. The summed E-state index contributed by atoms with van der Waals surface area (Å²) in [6.45, 7) is -0.109. The molecular weight excluding hydrogens is 605 g/mol. The first-order valence-electron chi connectivity index (χ1n) is 13.7. The van der Waals surface area contributed by atoms with Crippen LogP contribution in [0.1, 0.15) is 22.3 Å². The van der Waals surface area contributed by atoms with Crippen molar-refractivity contribution in [1.29, 1.82) is 0 Å². The molecule has 0 heterocycles. The number of amides is 2. The number of nitrogens with one attached hydrogen (secondary N) is 1. The van der Waals surface area contributed by atoms with Crippen molar-refractivity contribution in [2.24, 2.45) is 0 Å². The van der Waals surface area contributed by atoms with Gasteiger partial charge in [-0.05, 0) is 46.5 Å². The van der Waals surface area contributed by atoms with E-state index in [2.05, 4.69) is 5.32 Å². The Bertz CT molecular complexity index is 1600. The van der Waals surface area contributed by atoms with Gasteiger partial charge in [0.1, 0.15) is 6.04 Å². The van der Waals surface area contributed by atoms with Crippen LogP contribution >= 0.6 is 23.2 Å². The fraction of sp³-hybridized carbons (Fsp3) is 0.212. The summed E-state index contributed by atoms with van der Waals surface area (Å²) in [5, 5.41) is 4.09. The maximum Gasteiger partial charge on any atom is 0.243 e. The molecular formula is C33H33Cl2N3O4S. The lowest BCUT2D eigenvalue weighted by Gasteiger charge is -2.33. The topological polar surface area (TPSA) is 86.8 Å². The van der Waals surface area contributed by atoms with Crippen LogP contribution in [0.3, 0.4) is 0 Å². The van der Waals surface area contributed by atoms with Crippen molar-refractivity contribution >= 4 is 45.0 Å². The van der Waals surface area contributed by atoms with Gasteiger partial charge in [0, 0.05) is 36.1 Å². The molecule has 2 amide bonds. The third kappa shape index (κ3) is 9.93. The second-order valence-corrected chi connectivity index (χ2v) is 13.1. The first-order chi connectivity index (χ1) is 20.6. The van der Waals surface area contributed by atoms with Gasteiger partial charge >= 0.3 is 0 Å². The van der Waals surface area contributed by atoms with Crippen molar-refractivity contribution in [1.82, 2.24) is 14.5 Å². The molecule has 0 aromatic heterocycles. The predicted octanol–water partition coefficient (Wildman–Crippen LogP) is 5.71. The van der Waals surface area contributed by atoms with Crippen molar-refractivity contribution < 1.29 is 18.0 Å². The molecule has 0 saturated carbocycles. The number of hydrogen-bond donors (Lipinski definition) is 1. The van der Waals surface area contributed by atoms with Gasteiger partial charge in [-0.15, -0.1) is 0 Å².